The molecule has 0 radical (unpaired) electrons. The summed E-state index contributed by atoms with van der Waals surface area (Å²) < 4.78 is 19.3. The predicted octanol–water partition coefficient (Wildman–Crippen LogP) is 5.86. The van der Waals surface area contributed by atoms with Gasteiger partial charge in [-0.1, -0.05) is 36.8 Å². The first-order valence-electron chi connectivity index (χ1n) is 11.2. The summed E-state index contributed by atoms with van der Waals surface area (Å²) in [4.78, 5) is 27.7. The Labute approximate surface area is 198 Å². The summed E-state index contributed by atoms with van der Waals surface area (Å²) in [5.41, 5.74) is 3.18. The fraction of sp³-hybridized carbons (Fsp3) is 0.214. The molecule has 3 aromatic rings. The fourth-order valence-corrected chi connectivity index (χ4v) is 4.18. The molecular formula is C28H26FNO4. The molecule has 1 N–H and O–H groups in total. The van der Waals surface area contributed by atoms with Gasteiger partial charge in [-0.2, -0.15) is 0 Å². The number of benzene rings is 3. The molecule has 0 bridgehead atoms. The summed E-state index contributed by atoms with van der Waals surface area (Å²) >= 11 is 0. The number of halogens is 1. The van der Waals surface area contributed by atoms with Gasteiger partial charge in [0.05, 0.1) is 18.2 Å². The van der Waals surface area contributed by atoms with Crippen LogP contribution in [0.4, 0.5) is 10.1 Å². The van der Waals surface area contributed by atoms with Gasteiger partial charge in [-0.25, -0.2) is 4.39 Å². The van der Waals surface area contributed by atoms with Gasteiger partial charge in [0.15, 0.2) is 0 Å². The number of anilines is 1. The molecule has 174 valence electrons. The first-order valence-corrected chi connectivity index (χ1v) is 11.2. The van der Waals surface area contributed by atoms with Crippen LogP contribution in [-0.4, -0.2) is 23.4 Å². The summed E-state index contributed by atoms with van der Waals surface area (Å²) in [7, 11) is 0. The fourth-order valence-electron chi connectivity index (χ4n) is 4.18. The van der Waals surface area contributed by atoms with Crippen molar-refractivity contribution in [2.24, 2.45) is 0 Å². The standard InChI is InChI=1S/C28H26FNO4/c1-4-14-34-23-13-8-20(16-18(23)3)26(31)24-25(19-7-5-6-17(2)15-19)30(28(33)27(24)32)22-11-9-21(29)10-12-22/h5-13,15-16,25,31H,4,14H2,1-3H3/b26-24-. The Kier molecular flexibility index (Phi) is 6.50. The number of Topliss-reactive ketones (excluding diaryl/α,β-unsaturated/α-hetero) is 1. The Morgan fingerprint density at radius 2 is 1.76 bits per heavy atom. The molecule has 5 nitrogen and oxygen atoms in total. The lowest BCUT2D eigenvalue weighted by atomic mass is 9.94. The summed E-state index contributed by atoms with van der Waals surface area (Å²) in [6.07, 6.45) is 0.866. The lowest BCUT2D eigenvalue weighted by Gasteiger charge is -2.25. The highest BCUT2D eigenvalue weighted by atomic mass is 19.1. The molecule has 6 heteroatoms. The maximum Gasteiger partial charge on any atom is 0.300 e. The minimum absolute atomic E-state index is 0.0125. The normalized spacial score (nSPS) is 17.3. The second-order valence-electron chi connectivity index (χ2n) is 8.39. The number of aryl methyl sites for hydroxylation is 2. The van der Waals surface area contributed by atoms with E-state index in [9.17, 15) is 19.1 Å². The summed E-state index contributed by atoms with van der Waals surface area (Å²) in [5.74, 6) is -1.59. The Balaban J connectivity index is 1.88. The third-order valence-electron chi connectivity index (χ3n) is 5.82. The van der Waals surface area contributed by atoms with Crippen LogP contribution in [0.15, 0.2) is 72.3 Å². The van der Waals surface area contributed by atoms with Gasteiger partial charge in [0.2, 0.25) is 0 Å². The molecule has 0 aliphatic carbocycles. The monoisotopic (exact) mass is 459 g/mol. The Hall–Kier alpha value is -3.93. The summed E-state index contributed by atoms with van der Waals surface area (Å²) in [6, 6.07) is 17.1. The van der Waals surface area contributed by atoms with E-state index in [0.717, 1.165) is 17.5 Å². The number of amides is 1. The van der Waals surface area contributed by atoms with Gasteiger partial charge in [-0.15, -0.1) is 0 Å². The average Bonchev–Trinajstić information content (AvgIpc) is 3.09. The number of nitrogens with zero attached hydrogens (tertiary/aromatic N) is 1. The molecule has 0 aromatic heterocycles. The number of carbonyl (C=O) groups is 2. The van der Waals surface area contributed by atoms with Crippen molar-refractivity contribution >= 4 is 23.1 Å². The molecule has 1 heterocycles. The van der Waals surface area contributed by atoms with Crippen LogP contribution in [0.3, 0.4) is 0 Å². The molecule has 1 saturated heterocycles. The van der Waals surface area contributed by atoms with E-state index < -0.39 is 23.5 Å². The smallest absolute Gasteiger partial charge is 0.300 e. The van der Waals surface area contributed by atoms with Crippen LogP contribution in [0.1, 0.15) is 41.6 Å². The third kappa shape index (κ3) is 4.31. The zero-order valence-corrected chi connectivity index (χ0v) is 19.3. The molecule has 34 heavy (non-hydrogen) atoms. The van der Waals surface area contributed by atoms with E-state index in [1.807, 2.05) is 39.0 Å². The van der Waals surface area contributed by atoms with E-state index in [2.05, 4.69) is 0 Å². The third-order valence-corrected chi connectivity index (χ3v) is 5.82. The topological polar surface area (TPSA) is 66.8 Å². The van der Waals surface area contributed by atoms with Gasteiger partial charge in [0.25, 0.3) is 11.7 Å². The van der Waals surface area contributed by atoms with E-state index in [0.29, 0.717) is 29.2 Å². The number of aliphatic hydroxyl groups is 1. The number of ether oxygens (including phenoxy) is 1. The SMILES string of the molecule is CCCOc1ccc(/C(O)=C2/C(=O)C(=O)N(c3ccc(F)cc3)C2c2cccc(C)c2)cc1C. The summed E-state index contributed by atoms with van der Waals surface area (Å²) in [6.45, 7) is 6.35. The van der Waals surface area contributed by atoms with Crippen molar-refractivity contribution in [2.45, 2.75) is 33.2 Å². The Morgan fingerprint density at radius 3 is 2.41 bits per heavy atom. The molecule has 4 rings (SSSR count). The number of aliphatic hydroxyl groups excluding tert-OH is 1. The second kappa shape index (κ2) is 9.51. The molecule has 0 spiro atoms. The second-order valence-corrected chi connectivity index (χ2v) is 8.39. The molecular weight excluding hydrogens is 433 g/mol. The van der Waals surface area contributed by atoms with Crippen LogP contribution in [0, 0.1) is 19.7 Å². The van der Waals surface area contributed by atoms with Crippen molar-refractivity contribution in [1.29, 1.82) is 0 Å². The van der Waals surface area contributed by atoms with E-state index in [1.165, 1.54) is 29.2 Å². The van der Waals surface area contributed by atoms with E-state index in [1.54, 1.807) is 24.3 Å². The van der Waals surface area contributed by atoms with Crippen LogP contribution in [0.2, 0.25) is 0 Å². The van der Waals surface area contributed by atoms with E-state index >= 15 is 0 Å². The number of hydrogen-bond acceptors (Lipinski definition) is 4. The van der Waals surface area contributed by atoms with E-state index in [-0.39, 0.29) is 11.3 Å². The number of carbonyl (C=O) groups excluding carboxylic acids is 2. The highest BCUT2D eigenvalue weighted by Gasteiger charge is 2.47. The van der Waals surface area contributed by atoms with Crippen molar-refractivity contribution in [3.8, 4) is 5.75 Å². The quantitative estimate of drug-likeness (QED) is 0.285. The highest BCUT2D eigenvalue weighted by Crippen LogP contribution is 2.42. The van der Waals surface area contributed by atoms with Gasteiger partial charge < -0.3 is 9.84 Å². The molecule has 0 saturated carbocycles. The van der Waals surface area contributed by atoms with Crippen LogP contribution in [0.25, 0.3) is 5.76 Å². The van der Waals surface area contributed by atoms with Crippen molar-refractivity contribution in [2.75, 3.05) is 11.5 Å². The maximum absolute atomic E-state index is 13.6. The first-order chi connectivity index (χ1) is 16.3. The lowest BCUT2D eigenvalue weighted by Crippen LogP contribution is -2.29. The molecule has 1 aliphatic rings. The van der Waals surface area contributed by atoms with Crippen LogP contribution in [-0.2, 0) is 9.59 Å². The molecule has 3 aromatic carbocycles. The van der Waals surface area contributed by atoms with Crippen LogP contribution in [0.5, 0.6) is 5.75 Å². The van der Waals surface area contributed by atoms with Crippen LogP contribution < -0.4 is 9.64 Å². The summed E-state index contributed by atoms with van der Waals surface area (Å²) in [5, 5.41) is 11.3. The molecule has 1 aliphatic heterocycles. The first kappa shape index (κ1) is 23.2. The minimum Gasteiger partial charge on any atom is -0.507 e. The Morgan fingerprint density at radius 1 is 1.03 bits per heavy atom. The molecule has 1 amide bonds. The zero-order valence-electron chi connectivity index (χ0n) is 19.3. The molecule has 1 fully saturated rings. The molecule has 1 unspecified atom stereocenters. The van der Waals surface area contributed by atoms with Gasteiger partial charge in [-0.3, -0.25) is 14.5 Å². The molecule has 1 atom stereocenters. The largest absolute Gasteiger partial charge is 0.507 e. The zero-order chi connectivity index (χ0) is 24.4. The van der Waals surface area contributed by atoms with Gasteiger partial charge in [-0.05, 0) is 73.9 Å². The average molecular weight is 460 g/mol. The van der Waals surface area contributed by atoms with Crippen molar-refractivity contribution in [3.63, 3.8) is 0 Å². The maximum atomic E-state index is 13.6. The lowest BCUT2D eigenvalue weighted by molar-refractivity contribution is -0.132. The van der Waals surface area contributed by atoms with Gasteiger partial charge in [0, 0.05) is 11.3 Å². The number of ketones is 1. The van der Waals surface area contributed by atoms with Gasteiger partial charge >= 0.3 is 0 Å². The van der Waals surface area contributed by atoms with E-state index in [4.69, 9.17) is 4.74 Å². The highest BCUT2D eigenvalue weighted by molar-refractivity contribution is 6.51. The van der Waals surface area contributed by atoms with Crippen molar-refractivity contribution < 1.29 is 23.8 Å². The Bertz CT molecular complexity index is 1280. The van der Waals surface area contributed by atoms with Crippen molar-refractivity contribution in [3.05, 3.63) is 100 Å². The number of hydrogen-bond donors (Lipinski definition) is 1. The minimum atomic E-state index is -0.860. The number of rotatable bonds is 6. The van der Waals surface area contributed by atoms with Crippen molar-refractivity contribution in [1.82, 2.24) is 0 Å². The predicted molar refractivity (Wildman–Crippen MR) is 129 cm³/mol. The van der Waals surface area contributed by atoms with Crippen LogP contribution >= 0.6 is 0 Å². The van der Waals surface area contributed by atoms with Gasteiger partial charge in [0.1, 0.15) is 17.3 Å².